The van der Waals surface area contributed by atoms with E-state index < -0.39 is 6.04 Å². The number of benzene rings is 3. The molecule has 0 fully saturated rings. The van der Waals surface area contributed by atoms with Crippen LogP contribution in [0.3, 0.4) is 0 Å². The van der Waals surface area contributed by atoms with Gasteiger partial charge in [0, 0.05) is 13.1 Å². The van der Waals surface area contributed by atoms with Crippen molar-refractivity contribution in [3.05, 3.63) is 111 Å². The van der Waals surface area contributed by atoms with Gasteiger partial charge in [0.2, 0.25) is 5.76 Å². The second-order valence-electron chi connectivity index (χ2n) is 9.45. The van der Waals surface area contributed by atoms with Crippen molar-refractivity contribution in [2.75, 3.05) is 26.2 Å². The van der Waals surface area contributed by atoms with Crippen LogP contribution in [0, 0.1) is 6.92 Å². The van der Waals surface area contributed by atoms with Crippen LogP contribution in [-0.4, -0.2) is 41.9 Å². The lowest BCUT2D eigenvalue weighted by Gasteiger charge is -2.28. The van der Waals surface area contributed by atoms with Crippen molar-refractivity contribution in [3.63, 3.8) is 0 Å². The predicted octanol–water partition coefficient (Wildman–Crippen LogP) is 5.57. The van der Waals surface area contributed by atoms with Crippen molar-refractivity contribution in [1.82, 2.24) is 9.80 Å². The quantitative estimate of drug-likeness (QED) is 0.303. The molecule has 0 spiro atoms. The number of carbonyl (C=O) groups is 1. The van der Waals surface area contributed by atoms with Gasteiger partial charge in [-0.05, 0) is 55.4 Å². The topological polar surface area (TPSA) is 63.0 Å². The number of nitrogens with zero attached hydrogens (tertiary/aromatic N) is 2. The Bertz CT molecular complexity index is 1470. The van der Waals surface area contributed by atoms with E-state index in [1.165, 1.54) is 0 Å². The monoisotopic (exact) mass is 496 g/mol. The van der Waals surface area contributed by atoms with Gasteiger partial charge in [-0.25, -0.2) is 0 Å². The molecule has 1 aliphatic rings. The third-order valence-electron chi connectivity index (χ3n) is 7.09. The first-order chi connectivity index (χ1) is 18.0. The van der Waals surface area contributed by atoms with Crippen LogP contribution in [0.1, 0.15) is 52.7 Å². The molecule has 1 amide bonds. The molecule has 2 heterocycles. The van der Waals surface area contributed by atoms with E-state index in [1.54, 1.807) is 11.0 Å². The zero-order chi connectivity index (χ0) is 25.9. The fraction of sp³-hybridized carbons (Fsp3) is 0.290. The van der Waals surface area contributed by atoms with Crippen LogP contribution >= 0.6 is 0 Å². The lowest BCUT2D eigenvalue weighted by atomic mass is 9.98. The molecular weight excluding hydrogens is 464 g/mol. The number of fused-ring (bicyclic) bond motifs is 2. The van der Waals surface area contributed by atoms with Crippen LogP contribution in [0.2, 0.25) is 0 Å². The van der Waals surface area contributed by atoms with Crippen molar-refractivity contribution in [3.8, 4) is 5.75 Å². The highest BCUT2D eigenvalue weighted by atomic mass is 16.5. The van der Waals surface area contributed by atoms with Crippen molar-refractivity contribution >= 4 is 16.9 Å². The first kappa shape index (κ1) is 24.8. The molecule has 5 rings (SSSR count). The summed E-state index contributed by atoms with van der Waals surface area (Å²) in [6.45, 7) is 9.56. The summed E-state index contributed by atoms with van der Waals surface area (Å²) in [5, 5.41) is 0.499. The number of hydrogen-bond acceptors (Lipinski definition) is 5. The maximum Gasteiger partial charge on any atom is 0.290 e. The highest BCUT2D eigenvalue weighted by molar-refractivity contribution is 5.99. The maximum absolute atomic E-state index is 13.8. The van der Waals surface area contributed by atoms with E-state index in [9.17, 15) is 9.59 Å². The van der Waals surface area contributed by atoms with Gasteiger partial charge in [-0.1, -0.05) is 67.9 Å². The van der Waals surface area contributed by atoms with E-state index in [-0.39, 0.29) is 17.1 Å². The summed E-state index contributed by atoms with van der Waals surface area (Å²) in [7, 11) is 0. The zero-order valence-electron chi connectivity index (χ0n) is 21.6. The van der Waals surface area contributed by atoms with Crippen LogP contribution in [0.25, 0.3) is 11.0 Å². The number of carbonyl (C=O) groups excluding carboxylic acids is 1. The minimum atomic E-state index is -0.542. The Morgan fingerprint density at radius 2 is 1.73 bits per heavy atom. The van der Waals surface area contributed by atoms with Gasteiger partial charge in [0.25, 0.3) is 5.91 Å². The molecule has 1 unspecified atom stereocenters. The fourth-order valence-electron chi connectivity index (χ4n) is 5.02. The summed E-state index contributed by atoms with van der Waals surface area (Å²) < 4.78 is 12.2. The van der Waals surface area contributed by atoms with Gasteiger partial charge in [-0.2, -0.15) is 0 Å². The molecular formula is C31H32N2O4. The number of rotatable bonds is 9. The molecule has 3 aromatic carbocycles. The molecule has 0 N–H and O–H groups in total. The molecule has 0 bridgehead atoms. The van der Waals surface area contributed by atoms with E-state index in [0.717, 1.165) is 29.8 Å². The van der Waals surface area contributed by atoms with Gasteiger partial charge in [0.1, 0.15) is 17.9 Å². The summed E-state index contributed by atoms with van der Waals surface area (Å²) in [4.78, 5) is 31.5. The standard InChI is InChI=1S/C31H32N2O4/c1-4-32(5-2)16-17-33-28(23-12-9-13-24(19-23)36-20-22-10-7-6-8-11-22)27-29(34)25-18-21(3)14-15-26(25)37-30(27)31(33)35/h6-15,18-19,28H,4-5,16-17,20H2,1-3H3. The minimum Gasteiger partial charge on any atom is -0.489 e. The lowest BCUT2D eigenvalue weighted by molar-refractivity contribution is 0.0708. The summed E-state index contributed by atoms with van der Waals surface area (Å²) in [6.07, 6.45) is 0. The van der Waals surface area contributed by atoms with Crippen LogP contribution in [0.5, 0.6) is 5.75 Å². The Morgan fingerprint density at radius 3 is 2.49 bits per heavy atom. The molecule has 6 heteroatoms. The van der Waals surface area contributed by atoms with E-state index in [0.29, 0.717) is 42.0 Å². The van der Waals surface area contributed by atoms with Gasteiger partial charge < -0.3 is 19.0 Å². The number of likely N-dealkylation sites (N-methyl/N-ethyl adjacent to an activating group) is 1. The lowest BCUT2D eigenvalue weighted by Crippen LogP contribution is -2.37. The maximum atomic E-state index is 13.8. The second kappa shape index (κ2) is 10.6. The van der Waals surface area contributed by atoms with Crippen LogP contribution in [-0.2, 0) is 6.61 Å². The molecule has 4 aromatic rings. The largest absolute Gasteiger partial charge is 0.489 e. The molecule has 6 nitrogen and oxygen atoms in total. The summed E-state index contributed by atoms with van der Waals surface area (Å²) in [6, 6.07) is 22.6. The Hall–Kier alpha value is -3.90. The van der Waals surface area contributed by atoms with Gasteiger partial charge in [0.05, 0.1) is 17.0 Å². The molecule has 37 heavy (non-hydrogen) atoms. The third kappa shape index (κ3) is 4.89. The second-order valence-corrected chi connectivity index (χ2v) is 9.45. The summed E-state index contributed by atoms with van der Waals surface area (Å²) in [5.74, 6) is 0.579. The average molecular weight is 497 g/mol. The molecule has 0 saturated heterocycles. The smallest absolute Gasteiger partial charge is 0.290 e. The fourth-order valence-corrected chi connectivity index (χ4v) is 5.02. The number of hydrogen-bond donors (Lipinski definition) is 0. The molecule has 190 valence electrons. The first-order valence-electron chi connectivity index (χ1n) is 12.9. The first-order valence-corrected chi connectivity index (χ1v) is 12.9. The Labute approximate surface area is 217 Å². The van der Waals surface area contributed by atoms with Gasteiger partial charge in [-0.3, -0.25) is 9.59 Å². The Kier molecular flexibility index (Phi) is 7.10. The zero-order valence-corrected chi connectivity index (χ0v) is 21.6. The highest BCUT2D eigenvalue weighted by Gasteiger charge is 2.42. The van der Waals surface area contributed by atoms with E-state index in [1.807, 2.05) is 73.7 Å². The Balaban J connectivity index is 1.56. The van der Waals surface area contributed by atoms with Gasteiger partial charge >= 0.3 is 0 Å². The van der Waals surface area contributed by atoms with E-state index >= 15 is 0 Å². The van der Waals surface area contributed by atoms with Crippen LogP contribution in [0.4, 0.5) is 0 Å². The number of ether oxygens (including phenoxy) is 1. The summed E-state index contributed by atoms with van der Waals surface area (Å²) in [5.41, 5.74) is 3.55. The van der Waals surface area contributed by atoms with E-state index in [4.69, 9.17) is 9.15 Å². The molecule has 1 aromatic heterocycles. The normalized spacial score (nSPS) is 15.0. The molecule has 1 aliphatic heterocycles. The number of amides is 1. The van der Waals surface area contributed by atoms with E-state index in [2.05, 4.69) is 18.7 Å². The third-order valence-corrected chi connectivity index (χ3v) is 7.09. The highest BCUT2D eigenvalue weighted by Crippen LogP contribution is 2.39. The van der Waals surface area contributed by atoms with Gasteiger partial charge in [-0.15, -0.1) is 0 Å². The Morgan fingerprint density at radius 1 is 0.946 bits per heavy atom. The SMILES string of the molecule is CCN(CC)CCN1C(=O)c2oc3ccc(C)cc3c(=O)c2C1c1cccc(OCc2ccccc2)c1. The van der Waals surface area contributed by atoms with Crippen LogP contribution in [0.15, 0.2) is 82.0 Å². The van der Waals surface area contributed by atoms with Crippen LogP contribution < -0.4 is 10.2 Å². The average Bonchev–Trinajstić information content (AvgIpc) is 3.21. The van der Waals surface area contributed by atoms with Crippen molar-refractivity contribution < 1.29 is 13.9 Å². The molecule has 1 atom stereocenters. The molecule has 0 radical (unpaired) electrons. The van der Waals surface area contributed by atoms with Gasteiger partial charge in [0.15, 0.2) is 5.43 Å². The minimum absolute atomic E-state index is 0.140. The molecule has 0 aliphatic carbocycles. The number of aryl methyl sites for hydroxylation is 1. The van der Waals surface area contributed by atoms with Crippen molar-refractivity contribution in [2.24, 2.45) is 0 Å². The molecule has 0 saturated carbocycles. The predicted molar refractivity (Wildman–Crippen MR) is 145 cm³/mol. The van der Waals surface area contributed by atoms with Crippen molar-refractivity contribution in [2.45, 2.75) is 33.4 Å². The van der Waals surface area contributed by atoms with Crippen molar-refractivity contribution in [1.29, 1.82) is 0 Å². The summed E-state index contributed by atoms with van der Waals surface area (Å²) >= 11 is 0.